The van der Waals surface area contributed by atoms with Crippen molar-refractivity contribution in [1.29, 1.82) is 0 Å². The fourth-order valence-corrected chi connectivity index (χ4v) is 3.15. The van der Waals surface area contributed by atoms with E-state index in [4.69, 9.17) is 23.2 Å². The van der Waals surface area contributed by atoms with Crippen LogP contribution in [0.1, 0.15) is 0 Å². The molecular weight excluding hydrogens is 361 g/mol. The summed E-state index contributed by atoms with van der Waals surface area (Å²) in [4.78, 5) is 16.4. The SMILES string of the molecule is O=C(CN1CCN(c2ccccc2O)CC1)Nc1ccc(Cl)c(Cl)c1. The van der Waals surface area contributed by atoms with Crippen LogP contribution >= 0.6 is 23.2 Å². The van der Waals surface area contributed by atoms with E-state index in [-0.39, 0.29) is 11.7 Å². The van der Waals surface area contributed by atoms with Gasteiger partial charge in [0, 0.05) is 31.9 Å². The number of phenols is 1. The molecule has 0 saturated carbocycles. The number of carbonyl (C=O) groups is 1. The lowest BCUT2D eigenvalue weighted by molar-refractivity contribution is -0.117. The Morgan fingerprint density at radius 3 is 2.44 bits per heavy atom. The highest BCUT2D eigenvalue weighted by molar-refractivity contribution is 6.42. The molecule has 1 saturated heterocycles. The highest BCUT2D eigenvalue weighted by Gasteiger charge is 2.20. The number of benzene rings is 2. The van der Waals surface area contributed by atoms with Crippen molar-refractivity contribution < 1.29 is 9.90 Å². The van der Waals surface area contributed by atoms with Crippen LogP contribution in [0.15, 0.2) is 42.5 Å². The van der Waals surface area contributed by atoms with Crippen LogP contribution in [0.5, 0.6) is 5.75 Å². The third kappa shape index (κ3) is 4.57. The highest BCUT2D eigenvalue weighted by Crippen LogP contribution is 2.27. The molecular formula is C18H19Cl2N3O2. The van der Waals surface area contributed by atoms with E-state index in [1.54, 1.807) is 24.3 Å². The molecule has 0 aliphatic carbocycles. The summed E-state index contributed by atoms with van der Waals surface area (Å²) in [6.45, 7) is 3.34. The number of nitrogens with zero attached hydrogens (tertiary/aromatic N) is 2. The molecule has 1 fully saturated rings. The molecule has 1 amide bonds. The van der Waals surface area contributed by atoms with Crippen LogP contribution in [0.2, 0.25) is 10.0 Å². The topological polar surface area (TPSA) is 55.8 Å². The van der Waals surface area contributed by atoms with Gasteiger partial charge in [0.2, 0.25) is 5.91 Å². The molecule has 3 rings (SSSR count). The van der Waals surface area contributed by atoms with Crippen molar-refractivity contribution in [3.63, 3.8) is 0 Å². The number of phenolic OH excluding ortho intramolecular Hbond substituents is 1. The van der Waals surface area contributed by atoms with Gasteiger partial charge in [0.05, 0.1) is 22.3 Å². The average molecular weight is 380 g/mol. The third-order valence-electron chi connectivity index (χ3n) is 4.17. The van der Waals surface area contributed by atoms with Crippen molar-refractivity contribution in [2.24, 2.45) is 0 Å². The minimum absolute atomic E-state index is 0.0885. The first-order valence-electron chi connectivity index (χ1n) is 8.03. The predicted molar refractivity (Wildman–Crippen MR) is 102 cm³/mol. The van der Waals surface area contributed by atoms with Crippen molar-refractivity contribution in [3.05, 3.63) is 52.5 Å². The molecule has 0 spiro atoms. The molecule has 0 atom stereocenters. The van der Waals surface area contributed by atoms with Crippen LogP contribution in [0.4, 0.5) is 11.4 Å². The fraction of sp³-hybridized carbons (Fsp3) is 0.278. The quantitative estimate of drug-likeness (QED) is 0.853. The van der Waals surface area contributed by atoms with Gasteiger partial charge in [0.1, 0.15) is 5.75 Å². The van der Waals surface area contributed by atoms with Crippen molar-refractivity contribution in [1.82, 2.24) is 4.90 Å². The van der Waals surface area contributed by atoms with E-state index in [0.717, 1.165) is 31.9 Å². The molecule has 2 aromatic carbocycles. The standard InChI is InChI=1S/C18H19Cl2N3O2/c19-14-6-5-13(11-15(14)20)21-18(25)12-22-7-9-23(10-8-22)16-3-1-2-4-17(16)24/h1-6,11,24H,7-10,12H2,(H,21,25). The summed E-state index contributed by atoms with van der Waals surface area (Å²) in [5.74, 6) is 0.197. The number of hydrogen-bond acceptors (Lipinski definition) is 4. The molecule has 0 bridgehead atoms. The molecule has 2 aromatic rings. The molecule has 1 heterocycles. The molecule has 7 heteroatoms. The van der Waals surface area contributed by atoms with Gasteiger partial charge in [-0.3, -0.25) is 9.69 Å². The van der Waals surface area contributed by atoms with Gasteiger partial charge >= 0.3 is 0 Å². The molecule has 0 radical (unpaired) electrons. The Morgan fingerprint density at radius 2 is 1.76 bits per heavy atom. The van der Waals surface area contributed by atoms with Crippen molar-refractivity contribution >= 4 is 40.5 Å². The van der Waals surface area contributed by atoms with Gasteiger partial charge in [-0.2, -0.15) is 0 Å². The van der Waals surface area contributed by atoms with E-state index in [0.29, 0.717) is 22.3 Å². The van der Waals surface area contributed by atoms with E-state index in [1.807, 2.05) is 18.2 Å². The fourth-order valence-electron chi connectivity index (χ4n) is 2.86. The second-order valence-corrected chi connectivity index (χ2v) is 6.74. The molecule has 132 valence electrons. The van der Waals surface area contributed by atoms with Gasteiger partial charge in [0.25, 0.3) is 0 Å². The Hall–Kier alpha value is -1.95. The lowest BCUT2D eigenvalue weighted by Crippen LogP contribution is -2.48. The predicted octanol–water partition coefficient (Wildman–Crippen LogP) is 3.46. The first-order valence-corrected chi connectivity index (χ1v) is 8.79. The van der Waals surface area contributed by atoms with E-state index < -0.39 is 0 Å². The third-order valence-corrected chi connectivity index (χ3v) is 4.90. The maximum Gasteiger partial charge on any atom is 0.238 e. The van der Waals surface area contributed by atoms with Crippen LogP contribution in [-0.2, 0) is 4.79 Å². The Morgan fingerprint density at radius 1 is 1.04 bits per heavy atom. The minimum Gasteiger partial charge on any atom is -0.506 e. The van der Waals surface area contributed by atoms with Crippen molar-refractivity contribution in [2.45, 2.75) is 0 Å². The lowest BCUT2D eigenvalue weighted by Gasteiger charge is -2.35. The average Bonchev–Trinajstić information content (AvgIpc) is 2.59. The number of aromatic hydroxyl groups is 1. The van der Waals surface area contributed by atoms with E-state index in [2.05, 4.69) is 15.1 Å². The van der Waals surface area contributed by atoms with Crippen molar-refractivity contribution in [2.75, 3.05) is 42.9 Å². The number of para-hydroxylation sites is 2. The summed E-state index contributed by atoms with van der Waals surface area (Å²) in [5, 5.41) is 13.6. The summed E-state index contributed by atoms with van der Waals surface area (Å²) in [5.41, 5.74) is 1.47. The maximum absolute atomic E-state index is 12.2. The number of piperazine rings is 1. The molecule has 2 N–H and O–H groups in total. The molecule has 1 aliphatic rings. The van der Waals surface area contributed by atoms with Gasteiger partial charge in [-0.05, 0) is 30.3 Å². The zero-order valence-corrected chi connectivity index (χ0v) is 15.1. The Labute approximate surface area is 156 Å². The zero-order valence-electron chi connectivity index (χ0n) is 13.6. The number of nitrogens with one attached hydrogen (secondary N) is 1. The summed E-state index contributed by atoms with van der Waals surface area (Å²) < 4.78 is 0. The van der Waals surface area contributed by atoms with Crippen LogP contribution in [-0.4, -0.2) is 48.6 Å². The minimum atomic E-state index is -0.0885. The lowest BCUT2D eigenvalue weighted by atomic mass is 10.2. The Kier molecular flexibility index (Phi) is 5.68. The number of rotatable bonds is 4. The van der Waals surface area contributed by atoms with Crippen LogP contribution in [0, 0.1) is 0 Å². The first-order chi connectivity index (χ1) is 12.0. The van der Waals surface area contributed by atoms with E-state index in [1.165, 1.54) is 0 Å². The van der Waals surface area contributed by atoms with Crippen LogP contribution in [0.3, 0.4) is 0 Å². The highest BCUT2D eigenvalue weighted by atomic mass is 35.5. The summed E-state index contributed by atoms with van der Waals surface area (Å²) in [7, 11) is 0. The van der Waals surface area contributed by atoms with Gasteiger partial charge in [-0.25, -0.2) is 0 Å². The second kappa shape index (κ2) is 7.95. The second-order valence-electron chi connectivity index (χ2n) is 5.93. The first kappa shape index (κ1) is 17.9. The normalized spacial score (nSPS) is 15.2. The molecule has 1 aliphatic heterocycles. The van der Waals surface area contributed by atoms with Gasteiger partial charge in [-0.1, -0.05) is 35.3 Å². The molecule has 25 heavy (non-hydrogen) atoms. The van der Waals surface area contributed by atoms with Crippen molar-refractivity contribution in [3.8, 4) is 5.75 Å². The van der Waals surface area contributed by atoms with Crippen LogP contribution in [0.25, 0.3) is 0 Å². The monoisotopic (exact) mass is 379 g/mol. The number of hydrogen-bond donors (Lipinski definition) is 2. The van der Waals surface area contributed by atoms with Gasteiger partial charge in [-0.15, -0.1) is 0 Å². The Balaban J connectivity index is 1.51. The number of anilines is 2. The summed E-state index contributed by atoms with van der Waals surface area (Å²) in [6, 6.07) is 12.3. The largest absolute Gasteiger partial charge is 0.506 e. The maximum atomic E-state index is 12.2. The smallest absolute Gasteiger partial charge is 0.238 e. The number of amides is 1. The number of halogens is 2. The van der Waals surface area contributed by atoms with Gasteiger partial charge < -0.3 is 15.3 Å². The summed E-state index contributed by atoms with van der Waals surface area (Å²) >= 11 is 11.8. The van der Waals surface area contributed by atoms with E-state index >= 15 is 0 Å². The zero-order chi connectivity index (χ0) is 17.8. The molecule has 0 unspecified atom stereocenters. The van der Waals surface area contributed by atoms with Gasteiger partial charge in [0.15, 0.2) is 0 Å². The summed E-state index contributed by atoms with van der Waals surface area (Å²) in [6.07, 6.45) is 0. The molecule has 5 nitrogen and oxygen atoms in total. The van der Waals surface area contributed by atoms with E-state index in [9.17, 15) is 9.90 Å². The van der Waals surface area contributed by atoms with Crippen LogP contribution < -0.4 is 10.2 Å². The number of carbonyl (C=O) groups excluding carboxylic acids is 1. The Bertz CT molecular complexity index is 762. The molecule has 0 aromatic heterocycles.